The van der Waals surface area contributed by atoms with Crippen LogP contribution in [0.1, 0.15) is 24.9 Å². The van der Waals surface area contributed by atoms with Crippen molar-refractivity contribution in [2.24, 2.45) is 0 Å². The van der Waals surface area contributed by atoms with Gasteiger partial charge in [-0.1, -0.05) is 13.0 Å². The van der Waals surface area contributed by atoms with Gasteiger partial charge in [0.15, 0.2) is 0 Å². The molecule has 1 rings (SSSR count). The summed E-state index contributed by atoms with van der Waals surface area (Å²) >= 11 is 0. The van der Waals surface area contributed by atoms with Crippen molar-refractivity contribution in [2.45, 2.75) is 19.4 Å². The van der Waals surface area contributed by atoms with Crippen LogP contribution < -0.4 is 5.32 Å². The van der Waals surface area contributed by atoms with Crippen molar-refractivity contribution in [2.75, 3.05) is 6.54 Å². The molecule has 1 N–H and O–H groups in total. The molecule has 0 saturated carbocycles. The number of rotatable bonds is 5. The highest BCUT2D eigenvalue weighted by Crippen LogP contribution is 2.14. The molecule has 3 nitrogen and oxygen atoms in total. The first-order chi connectivity index (χ1) is 6.38. The summed E-state index contributed by atoms with van der Waals surface area (Å²) in [5, 5.41) is 3.35. The van der Waals surface area contributed by atoms with E-state index in [1.165, 1.54) is 0 Å². The fourth-order valence-corrected chi connectivity index (χ4v) is 1.24. The van der Waals surface area contributed by atoms with Gasteiger partial charge in [0, 0.05) is 24.0 Å². The molecular formula is C10H15N3. The number of hydrogen-bond donors (Lipinski definition) is 1. The maximum absolute atomic E-state index is 3.98. The third kappa shape index (κ3) is 2.95. The van der Waals surface area contributed by atoms with E-state index in [1.807, 2.05) is 18.5 Å². The maximum Gasteiger partial charge on any atom is 0.115 e. The summed E-state index contributed by atoms with van der Waals surface area (Å²) in [6, 6.07) is 0.295. The van der Waals surface area contributed by atoms with Crippen molar-refractivity contribution in [3.63, 3.8) is 0 Å². The minimum atomic E-state index is 0.295. The van der Waals surface area contributed by atoms with Gasteiger partial charge in [0.1, 0.15) is 6.33 Å². The zero-order chi connectivity index (χ0) is 9.52. The van der Waals surface area contributed by atoms with Crippen LogP contribution in [0.25, 0.3) is 0 Å². The van der Waals surface area contributed by atoms with Crippen LogP contribution in [0.2, 0.25) is 0 Å². The average Bonchev–Trinajstić information content (AvgIpc) is 2.19. The van der Waals surface area contributed by atoms with Crippen LogP contribution >= 0.6 is 0 Å². The van der Waals surface area contributed by atoms with Gasteiger partial charge in [-0.05, 0) is 13.0 Å². The second kappa shape index (κ2) is 5.43. The lowest BCUT2D eigenvalue weighted by Gasteiger charge is -2.14. The lowest BCUT2D eigenvalue weighted by Crippen LogP contribution is -2.20. The molecule has 0 aliphatic carbocycles. The van der Waals surface area contributed by atoms with Crippen molar-refractivity contribution < 1.29 is 0 Å². The summed E-state index contributed by atoms with van der Waals surface area (Å²) in [7, 11) is 0. The fraction of sp³-hybridized carbons (Fsp3) is 0.400. The Bertz CT molecular complexity index is 246. The molecule has 0 bridgehead atoms. The molecule has 70 valence electrons. The normalized spacial score (nSPS) is 12.4. The second-order valence-electron chi connectivity index (χ2n) is 2.81. The predicted molar refractivity (Wildman–Crippen MR) is 53.3 cm³/mol. The molecule has 1 atom stereocenters. The minimum absolute atomic E-state index is 0.295. The number of nitrogens with zero attached hydrogens (tertiary/aromatic N) is 2. The van der Waals surface area contributed by atoms with E-state index in [4.69, 9.17) is 0 Å². The van der Waals surface area contributed by atoms with Gasteiger partial charge in [0.25, 0.3) is 0 Å². The smallest absolute Gasteiger partial charge is 0.115 e. The van der Waals surface area contributed by atoms with Crippen molar-refractivity contribution in [3.8, 4) is 0 Å². The van der Waals surface area contributed by atoms with Gasteiger partial charge in [0.05, 0.1) is 0 Å². The van der Waals surface area contributed by atoms with E-state index in [2.05, 4.69) is 28.8 Å². The maximum atomic E-state index is 3.98. The van der Waals surface area contributed by atoms with Gasteiger partial charge in [-0.15, -0.1) is 6.58 Å². The molecule has 1 unspecified atom stereocenters. The Morgan fingerprint density at radius 2 is 2.23 bits per heavy atom. The second-order valence-corrected chi connectivity index (χ2v) is 2.81. The monoisotopic (exact) mass is 177 g/mol. The van der Waals surface area contributed by atoms with Crippen LogP contribution in [0.5, 0.6) is 0 Å². The van der Waals surface area contributed by atoms with Crippen molar-refractivity contribution in [3.05, 3.63) is 36.9 Å². The topological polar surface area (TPSA) is 37.8 Å². The fourth-order valence-electron chi connectivity index (χ4n) is 1.24. The summed E-state index contributed by atoms with van der Waals surface area (Å²) in [4.78, 5) is 7.97. The Morgan fingerprint density at radius 3 is 2.77 bits per heavy atom. The Labute approximate surface area is 78.9 Å². The lowest BCUT2D eigenvalue weighted by atomic mass is 10.1. The summed E-state index contributed by atoms with van der Waals surface area (Å²) in [6.07, 6.45) is 8.02. The molecule has 1 aromatic rings. The molecule has 1 heterocycles. The zero-order valence-corrected chi connectivity index (χ0v) is 7.90. The number of hydrogen-bond acceptors (Lipinski definition) is 3. The largest absolute Gasteiger partial charge is 0.310 e. The third-order valence-corrected chi connectivity index (χ3v) is 1.84. The third-order valence-electron chi connectivity index (χ3n) is 1.84. The van der Waals surface area contributed by atoms with E-state index in [9.17, 15) is 0 Å². The van der Waals surface area contributed by atoms with Crippen LogP contribution in [0, 0.1) is 0 Å². The van der Waals surface area contributed by atoms with E-state index in [-0.39, 0.29) is 0 Å². The van der Waals surface area contributed by atoms with Gasteiger partial charge in [-0.25, -0.2) is 9.97 Å². The molecule has 3 heteroatoms. The van der Waals surface area contributed by atoms with Gasteiger partial charge >= 0.3 is 0 Å². The van der Waals surface area contributed by atoms with Crippen LogP contribution in [-0.4, -0.2) is 16.5 Å². The molecule has 0 amide bonds. The first kappa shape index (κ1) is 9.86. The molecule has 1 aromatic heterocycles. The first-order valence-electron chi connectivity index (χ1n) is 4.47. The molecule has 0 spiro atoms. The van der Waals surface area contributed by atoms with Gasteiger partial charge in [-0.2, -0.15) is 0 Å². The van der Waals surface area contributed by atoms with Crippen LogP contribution in [0.4, 0.5) is 0 Å². The van der Waals surface area contributed by atoms with E-state index in [1.54, 1.807) is 6.33 Å². The Balaban J connectivity index is 2.69. The molecule has 0 aromatic carbocycles. The molecule has 13 heavy (non-hydrogen) atoms. The Morgan fingerprint density at radius 1 is 1.54 bits per heavy atom. The molecule has 0 aliphatic heterocycles. The molecule has 0 fully saturated rings. The van der Waals surface area contributed by atoms with Crippen LogP contribution in [-0.2, 0) is 0 Å². The molecule has 0 aliphatic rings. The molecule has 0 radical (unpaired) electrons. The summed E-state index contributed by atoms with van der Waals surface area (Å²) in [6.45, 7) is 6.75. The van der Waals surface area contributed by atoms with Crippen molar-refractivity contribution in [1.82, 2.24) is 15.3 Å². The minimum Gasteiger partial charge on any atom is -0.310 e. The summed E-state index contributed by atoms with van der Waals surface area (Å²) in [5.41, 5.74) is 1.12. The van der Waals surface area contributed by atoms with E-state index in [0.29, 0.717) is 6.04 Å². The Hall–Kier alpha value is -1.22. The average molecular weight is 177 g/mol. The highest BCUT2D eigenvalue weighted by Gasteiger charge is 2.07. The predicted octanol–water partition coefficient (Wildman–Crippen LogP) is 1.70. The zero-order valence-electron chi connectivity index (χ0n) is 7.90. The van der Waals surface area contributed by atoms with Gasteiger partial charge in [0.2, 0.25) is 0 Å². The summed E-state index contributed by atoms with van der Waals surface area (Å²) < 4.78 is 0. The van der Waals surface area contributed by atoms with Crippen molar-refractivity contribution in [1.29, 1.82) is 0 Å². The molecule has 0 saturated heterocycles. The SMILES string of the molecule is C=CCC(NCC)c1cncnc1. The molecular weight excluding hydrogens is 162 g/mol. The van der Waals surface area contributed by atoms with Gasteiger partial charge < -0.3 is 5.32 Å². The first-order valence-corrected chi connectivity index (χ1v) is 4.47. The lowest BCUT2D eigenvalue weighted by molar-refractivity contribution is 0.555. The highest BCUT2D eigenvalue weighted by molar-refractivity contribution is 5.10. The van der Waals surface area contributed by atoms with E-state index in [0.717, 1.165) is 18.5 Å². The van der Waals surface area contributed by atoms with E-state index >= 15 is 0 Å². The standard InChI is InChI=1S/C10H15N3/c1-3-5-10(13-4-2)9-6-11-8-12-7-9/h3,6-8,10,13H,1,4-5H2,2H3. The Kier molecular flexibility index (Phi) is 4.12. The number of aromatic nitrogens is 2. The highest BCUT2D eigenvalue weighted by atomic mass is 14.9. The van der Waals surface area contributed by atoms with E-state index < -0.39 is 0 Å². The number of nitrogens with one attached hydrogen (secondary N) is 1. The van der Waals surface area contributed by atoms with Gasteiger partial charge in [-0.3, -0.25) is 0 Å². The van der Waals surface area contributed by atoms with Crippen LogP contribution in [0.15, 0.2) is 31.4 Å². The summed E-state index contributed by atoms with van der Waals surface area (Å²) in [5.74, 6) is 0. The quantitative estimate of drug-likeness (QED) is 0.696. The van der Waals surface area contributed by atoms with Crippen LogP contribution in [0.3, 0.4) is 0 Å². The van der Waals surface area contributed by atoms with Crippen molar-refractivity contribution >= 4 is 0 Å².